The number of carbonyl (C=O) groups excluding carboxylic acids is 1. The van der Waals surface area contributed by atoms with Gasteiger partial charge in [0.15, 0.2) is 0 Å². The van der Waals surface area contributed by atoms with Crippen molar-refractivity contribution in [2.24, 2.45) is 11.8 Å². The molecule has 0 aromatic heterocycles. The minimum atomic E-state index is -0.198. The second kappa shape index (κ2) is 5.97. The maximum atomic E-state index is 11.2. The van der Waals surface area contributed by atoms with Gasteiger partial charge in [-0.2, -0.15) is 0 Å². The van der Waals surface area contributed by atoms with E-state index in [1.807, 2.05) is 20.8 Å². The van der Waals surface area contributed by atoms with Crippen molar-refractivity contribution in [2.45, 2.75) is 40.2 Å². The molecule has 0 fully saturated rings. The molecular weight excluding hydrogens is 168 g/mol. The van der Waals surface area contributed by atoms with Crippen LogP contribution in [0.3, 0.4) is 0 Å². The summed E-state index contributed by atoms with van der Waals surface area (Å²) in [6.45, 7) is 7.66. The maximum absolute atomic E-state index is 11.2. The molecule has 0 bridgehead atoms. The third-order valence-electron chi connectivity index (χ3n) is 1.98. The Labute approximate surface area is 80.1 Å². The van der Waals surface area contributed by atoms with E-state index in [2.05, 4.69) is 0 Å². The second-order valence-electron chi connectivity index (χ2n) is 3.95. The van der Waals surface area contributed by atoms with Gasteiger partial charge in [-0.3, -0.25) is 4.79 Å². The van der Waals surface area contributed by atoms with Crippen LogP contribution >= 0.6 is 0 Å². The maximum Gasteiger partial charge on any atom is 0.306 e. The molecule has 1 N–H and O–H groups in total. The highest BCUT2D eigenvalue weighted by Gasteiger charge is 2.16. The zero-order chi connectivity index (χ0) is 10.4. The van der Waals surface area contributed by atoms with Crippen LogP contribution in [-0.2, 0) is 9.53 Å². The molecule has 78 valence electrons. The van der Waals surface area contributed by atoms with Gasteiger partial charge in [-0.25, -0.2) is 0 Å². The smallest absolute Gasteiger partial charge is 0.306 e. The van der Waals surface area contributed by atoms with Crippen LogP contribution in [0.1, 0.15) is 34.1 Å². The average molecular weight is 188 g/mol. The van der Waals surface area contributed by atoms with E-state index in [-0.39, 0.29) is 24.6 Å². The number of esters is 1. The van der Waals surface area contributed by atoms with Crippen molar-refractivity contribution in [3.8, 4) is 0 Å². The first-order valence-electron chi connectivity index (χ1n) is 4.77. The molecule has 0 rings (SSSR count). The normalized spacial score (nSPS) is 15.5. The van der Waals surface area contributed by atoms with Crippen LogP contribution in [-0.4, -0.2) is 23.8 Å². The molecule has 0 aromatic rings. The predicted molar refractivity (Wildman–Crippen MR) is 51.3 cm³/mol. The fourth-order valence-corrected chi connectivity index (χ4v) is 0.853. The first kappa shape index (κ1) is 12.4. The number of carbonyl (C=O) groups is 1. The fourth-order valence-electron chi connectivity index (χ4n) is 0.853. The Bertz CT molecular complexity index is 154. The van der Waals surface area contributed by atoms with Gasteiger partial charge >= 0.3 is 5.97 Å². The van der Waals surface area contributed by atoms with Crippen molar-refractivity contribution in [2.75, 3.05) is 6.61 Å². The first-order chi connectivity index (χ1) is 5.97. The molecule has 13 heavy (non-hydrogen) atoms. The number of hydrogen-bond acceptors (Lipinski definition) is 3. The zero-order valence-electron chi connectivity index (χ0n) is 8.91. The predicted octanol–water partition coefficient (Wildman–Crippen LogP) is 1.59. The van der Waals surface area contributed by atoms with Crippen LogP contribution in [0.5, 0.6) is 0 Å². The fraction of sp³-hybridized carbons (Fsp3) is 0.900. The first-order valence-corrected chi connectivity index (χ1v) is 4.77. The lowest BCUT2D eigenvalue weighted by atomic mass is 10.1. The highest BCUT2D eigenvalue weighted by atomic mass is 16.5. The van der Waals surface area contributed by atoms with E-state index in [1.54, 1.807) is 6.92 Å². The minimum absolute atomic E-state index is 0.0103. The topological polar surface area (TPSA) is 46.5 Å². The molecular formula is C10H20O3. The van der Waals surface area contributed by atoms with Crippen LogP contribution < -0.4 is 0 Å². The molecule has 2 atom stereocenters. The van der Waals surface area contributed by atoms with Crippen molar-refractivity contribution >= 4 is 5.97 Å². The third kappa shape index (κ3) is 5.64. The number of aliphatic hydroxyl groups excluding tert-OH is 1. The number of hydrogen-bond donors (Lipinski definition) is 1. The summed E-state index contributed by atoms with van der Waals surface area (Å²) in [5.41, 5.74) is 0. The lowest BCUT2D eigenvalue weighted by Gasteiger charge is -2.18. The van der Waals surface area contributed by atoms with Gasteiger partial charge in [-0.1, -0.05) is 20.8 Å². The molecule has 0 spiro atoms. The lowest BCUT2D eigenvalue weighted by molar-refractivity contribution is -0.152. The van der Waals surface area contributed by atoms with E-state index >= 15 is 0 Å². The molecule has 3 nitrogen and oxygen atoms in total. The summed E-state index contributed by atoms with van der Waals surface area (Å²) in [4.78, 5) is 11.2. The van der Waals surface area contributed by atoms with Crippen LogP contribution in [0.25, 0.3) is 0 Å². The molecule has 0 aromatic carbocycles. The molecule has 0 saturated heterocycles. The van der Waals surface area contributed by atoms with Gasteiger partial charge in [0.1, 0.15) is 6.10 Å². The van der Waals surface area contributed by atoms with Crippen molar-refractivity contribution in [3.05, 3.63) is 0 Å². The van der Waals surface area contributed by atoms with Crippen molar-refractivity contribution in [1.29, 1.82) is 0 Å². The quantitative estimate of drug-likeness (QED) is 0.666. The Morgan fingerprint density at radius 3 is 2.23 bits per heavy atom. The van der Waals surface area contributed by atoms with Gasteiger partial charge in [0, 0.05) is 18.9 Å². The highest BCUT2D eigenvalue weighted by molar-refractivity contribution is 5.69. The van der Waals surface area contributed by atoms with Crippen LogP contribution in [0.2, 0.25) is 0 Å². The summed E-state index contributed by atoms with van der Waals surface area (Å²) in [5.74, 6) is 0.156. The van der Waals surface area contributed by atoms with E-state index in [0.717, 1.165) is 0 Å². The van der Waals surface area contributed by atoms with Crippen molar-refractivity contribution < 1.29 is 14.6 Å². The SMILES string of the molecule is CC(C)CC(=O)OC(C)C(C)CO. The molecule has 0 saturated carbocycles. The van der Waals surface area contributed by atoms with Gasteiger partial charge in [0.05, 0.1) is 0 Å². The number of ether oxygens (including phenoxy) is 1. The molecule has 0 radical (unpaired) electrons. The summed E-state index contributed by atoms with van der Waals surface area (Å²) in [6, 6.07) is 0. The van der Waals surface area contributed by atoms with E-state index < -0.39 is 0 Å². The van der Waals surface area contributed by atoms with Gasteiger partial charge in [0.2, 0.25) is 0 Å². The van der Waals surface area contributed by atoms with Gasteiger partial charge < -0.3 is 9.84 Å². The van der Waals surface area contributed by atoms with Crippen molar-refractivity contribution in [3.63, 3.8) is 0 Å². The monoisotopic (exact) mass is 188 g/mol. The standard InChI is InChI=1S/C10H20O3/c1-7(2)5-10(12)13-9(4)8(3)6-11/h7-9,11H,5-6H2,1-4H3. The molecule has 0 heterocycles. The van der Waals surface area contributed by atoms with Gasteiger partial charge in [-0.05, 0) is 12.8 Å². The second-order valence-corrected chi connectivity index (χ2v) is 3.95. The van der Waals surface area contributed by atoms with E-state index in [4.69, 9.17) is 9.84 Å². The Hall–Kier alpha value is -0.570. The molecule has 0 aliphatic heterocycles. The highest BCUT2D eigenvalue weighted by Crippen LogP contribution is 2.09. The Morgan fingerprint density at radius 2 is 1.85 bits per heavy atom. The number of aliphatic hydroxyl groups is 1. The summed E-state index contributed by atoms with van der Waals surface area (Å²) in [7, 11) is 0. The summed E-state index contributed by atoms with van der Waals surface area (Å²) in [6.07, 6.45) is 0.249. The van der Waals surface area contributed by atoms with Crippen LogP contribution in [0, 0.1) is 11.8 Å². The molecule has 2 unspecified atom stereocenters. The van der Waals surface area contributed by atoms with Gasteiger partial charge in [-0.15, -0.1) is 0 Å². The third-order valence-corrected chi connectivity index (χ3v) is 1.98. The van der Waals surface area contributed by atoms with E-state index in [0.29, 0.717) is 12.3 Å². The minimum Gasteiger partial charge on any atom is -0.462 e. The Morgan fingerprint density at radius 1 is 1.31 bits per heavy atom. The van der Waals surface area contributed by atoms with Gasteiger partial charge in [0.25, 0.3) is 0 Å². The van der Waals surface area contributed by atoms with Crippen molar-refractivity contribution in [1.82, 2.24) is 0 Å². The average Bonchev–Trinajstić information content (AvgIpc) is 2.01. The summed E-state index contributed by atoms with van der Waals surface area (Å²) in [5, 5.41) is 8.81. The van der Waals surface area contributed by atoms with E-state index in [1.165, 1.54) is 0 Å². The lowest BCUT2D eigenvalue weighted by Crippen LogP contribution is -2.24. The molecule has 0 aliphatic rings. The largest absolute Gasteiger partial charge is 0.462 e. The number of rotatable bonds is 5. The Balaban J connectivity index is 3.77. The molecule has 3 heteroatoms. The van der Waals surface area contributed by atoms with Crippen LogP contribution in [0.15, 0.2) is 0 Å². The molecule has 0 aliphatic carbocycles. The zero-order valence-corrected chi connectivity index (χ0v) is 8.91. The van der Waals surface area contributed by atoms with E-state index in [9.17, 15) is 4.79 Å². The summed E-state index contributed by atoms with van der Waals surface area (Å²) >= 11 is 0. The van der Waals surface area contributed by atoms with Crippen LogP contribution in [0.4, 0.5) is 0 Å². The Kier molecular flexibility index (Phi) is 5.71. The summed E-state index contributed by atoms with van der Waals surface area (Å²) < 4.78 is 5.11. The molecule has 0 amide bonds.